The van der Waals surface area contributed by atoms with Crippen LogP contribution in [0, 0.1) is 11.3 Å². The van der Waals surface area contributed by atoms with Crippen LogP contribution in [0.3, 0.4) is 0 Å². The third-order valence-electron chi connectivity index (χ3n) is 2.52. The molecule has 0 N–H and O–H groups in total. The highest BCUT2D eigenvalue weighted by atomic mass is 35.5. The minimum Gasteiger partial charge on any atom is -0.497 e. The lowest BCUT2D eigenvalue weighted by Crippen LogP contribution is -1.97. The zero-order valence-electron chi connectivity index (χ0n) is 10.6. The van der Waals surface area contributed by atoms with Crippen LogP contribution in [0.15, 0.2) is 23.4 Å². The molecule has 102 valence electrons. The van der Waals surface area contributed by atoms with Gasteiger partial charge in [0.1, 0.15) is 17.4 Å². The van der Waals surface area contributed by atoms with Crippen LogP contribution in [-0.2, 0) is 0 Å². The predicted molar refractivity (Wildman–Crippen MR) is 80.5 cm³/mol. The van der Waals surface area contributed by atoms with Gasteiger partial charge in [0, 0.05) is 10.6 Å². The highest BCUT2D eigenvalue weighted by molar-refractivity contribution is 7.98. The Bertz CT molecular complexity index is 701. The Morgan fingerprint density at radius 1 is 1.25 bits per heavy atom. The van der Waals surface area contributed by atoms with Crippen molar-refractivity contribution in [2.75, 3.05) is 13.4 Å². The molecule has 7 heteroatoms. The summed E-state index contributed by atoms with van der Waals surface area (Å²) in [6.45, 7) is 0. The molecule has 0 fully saturated rings. The summed E-state index contributed by atoms with van der Waals surface area (Å²) in [5.74, 6) is 0.580. The van der Waals surface area contributed by atoms with Crippen molar-refractivity contribution in [3.63, 3.8) is 0 Å². The first kappa shape index (κ1) is 14.9. The van der Waals surface area contributed by atoms with Crippen LogP contribution in [0.25, 0.3) is 11.3 Å². The maximum atomic E-state index is 9.23. The van der Waals surface area contributed by atoms with Gasteiger partial charge >= 0.3 is 0 Å². The van der Waals surface area contributed by atoms with Gasteiger partial charge in [0.25, 0.3) is 0 Å². The standard InChI is InChI=1S/C13H9Cl2N3OS/c1-19-9-4-7(3-8(14)5-9)11-10(6-16)12(15)18-13(17-11)20-2/h3-5H,1-2H3. The van der Waals surface area contributed by atoms with E-state index < -0.39 is 0 Å². The summed E-state index contributed by atoms with van der Waals surface area (Å²) in [6.07, 6.45) is 1.83. The molecule has 0 aliphatic carbocycles. The fourth-order valence-electron chi connectivity index (χ4n) is 1.63. The van der Waals surface area contributed by atoms with Crippen LogP contribution in [-0.4, -0.2) is 23.3 Å². The van der Waals surface area contributed by atoms with Gasteiger partial charge in [-0.1, -0.05) is 35.0 Å². The summed E-state index contributed by atoms with van der Waals surface area (Å²) in [7, 11) is 1.54. The summed E-state index contributed by atoms with van der Waals surface area (Å²) < 4.78 is 5.17. The summed E-state index contributed by atoms with van der Waals surface area (Å²) in [5, 5.41) is 10.3. The van der Waals surface area contributed by atoms with E-state index in [1.807, 2.05) is 12.3 Å². The number of nitriles is 1. The van der Waals surface area contributed by atoms with E-state index in [1.165, 1.54) is 11.8 Å². The quantitative estimate of drug-likeness (QED) is 0.484. The second kappa shape index (κ2) is 6.31. The molecule has 0 aliphatic rings. The molecule has 4 nitrogen and oxygen atoms in total. The molecule has 1 aromatic carbocycles. The summed E-state index contributed by atoms with van der Waals surface area (Å²) in [6, 6.07) is 7.14. The van der Waals surface area contributed by atoms with Crippen molar-refractivity contribution in [2.24, 2.45) is 0 Å². The molecular weight excluding hydrogens is 317 g/mol. The van der Waals surface area contributed by atoms with Gasteiger partial charge in [-0.25, -0.2) is 9.97 Å². The molecule has 20 heavy (non-hydrogen) atoms. The van der Waals surface area contributed by atoms with Gasteiger partial charge in [-0.3, -0.25) is 0 Å². The third kappa shape index (κ3) is 2.98. The molecule has 1 aromatic heterocycles. The normalized spacial score (nSPS) is 10.2. The Morgan fingerprint density at radius 2 is 2.00 bits per heavy atom. The fraction of sp³-hybridized carbons (Fsp3) is 0.154. The summed E-state index contributed by atoms with van der Waals surface area (Å²) in [4.78, 5) is 8.38. The number of thioether (sulfide) groups is 1. The average molecular weight is 326 g/mol. The zero-order chi connectivity index (χ0) is 14.7. The molecule has 1 heterocycles. The number of rotatable bonds is 3. The van der Waals surface area contributed by atoms with E-state index in [2.05, 4.69) is 9.97 Å². The van der Waals surface area contributed by atoms with E-state index in [0.717, 1.165) is 0 Å². The molecule has 0 aliphatic heterocycles. The first-order valence-corrected chi connectivity index (χ1v) is 7.43. The Labute approximate surface area is 130 Å². The molecule has 0 unspecified atom stereocenters. The molecule has 0 saturated heterocycles. The Kier molecular flexibility index (Phi) is 4.71. The van der Waals surface area contributed by atoms with Gasteiger partial charge in [-0.15, -0.1) is 0 Å². The third-order valence-corrected chi connectivity index (χ3v) is 3.56. The van der Waals surface area contributed by atoms with Crippen LogP contribution in [0.4, 0.5) is 0 Å². The van der Waals surface area contributed by atoms with Crippen molar-refractivity contribution in [3.05, 3.63) is 33.9 Å². The highest BCUT2D eigenvalue weighted by Crippen LogP contribution is 2.32. The lowest BCUT2D eigenvalue weighted by Gasteiger charge is -2.09. The number of ether oxygens (including phenoxy) is 1. The lowest BCUT2D eigenvalue weighted by molar-refractivity contribution is 0.415. The van der Waals surface area contributed by atoms with Crippen molar-refractivity contribution in [1.82, 2.24) is 9.97 Å². The monoisotopic (exact) mass is 325 g/mol. The number of methoxy groups -OCH3 is 1. The van der Waals surface area contributed by atoms with Crippen molar-refractivity contribution >= 4 is 35.0 Å². The number of halogens is 2. The van der Waals surface area contributed by atoms with Gasteiger partial charge in [-0.2, -0.15) is 5.26 Å². The lowest BCUT2D eigenvalue weighted by atomic mass is 10.1. The first-order chi connectivity index (χ1) is 9.58. The van der Waals surface area contributed by atoms with E-state index in [-0.39, 0.29) is 10.7 Å². The van der Waals surface area contributed by atoms with Crippen molar-refractivity contribution in [3.8, 4) is 23.1 Å². The predicted octanol–water partition coefficient (Wildman–Crippen LogP) is 4.05. The van der Waals surface area contributed by atoms with Gasteiger partial charge in [0.2, 0.25) is 0 Å². The minimum absolute atomic E-state index is 0.126. The fourth-order valence-corrected chi connectivity index (χ4v) is 2.48. The van der Waals surface area contributed by atoms with Gasteiger partial charge in [-0.05, 0) is 24.5 Å². The van der Waals surface area contributed by atoms with Crippen molar-refractivity contribution in [2.45, 2.75) is 5.16 Å². The first-order valence-electron chi connectivity index (χ1n) is 5.45. The number of hydrogen-bond acceptors (Lipinski definition) is 5. The maximum Gasteiger partial charge on any atom is 0.189 e. The van der Waals surface area contributed by atoms with Gasteiger partial charge < -0.3 is 4.74 Å². The van der Waals surface area contributed by atoms with Crippen molar-refractivity contribution in [1.29, 1.82) is 5.26 Å². The highest BCUT2D eigenvalue weighted by Gasteiger charge is 2.15. The average Bonchev–Trinajstić information content (AvgIpc) is 2.45. The molecule has 0 saturated carbocycles. The van der Waals surface area contributed by atoms with E-state index in [0.29, 0.717) is 27.2 Å². The van der Waals surface area contributed by atoms with Crippen LogP contribution < -0.4 is 4.74 Å². The van der Waals surface area contributed by atoms with Crippen LogP contribution in [0.2, 0.25) is 10.2 Å². The maximum absolute atomic E-state index is 9.23. The molecular formula is C13H9Cl2N3OS. The Hall–Kier alpha value is -1.48. The molecule has 2 aromatic rings. The zero-order valence-corrected chi connectivity index (χ0v) is 13.0. The SMILES string of the molecule is COc1cc(Cl)cc(-c2nc(SC)nc(Cl)c2C#N)c1. The van der Waals surface area contributed by atoms with Crippen molar-refractivity contribution < 1.29 is 4.74 Å². The molecule has 0 amide bonds. The molecule has 0 radical (unpaired) electrons. The van der Waals surface area contributed by atoms with E-state index in [9.17, 15) is 5.26 Å². The second-order valence-corrected chi connectivity index (χ2v) is 5.28. The molecule has 2 rings (SSSR count). The van der Waals surface area contributed by atoms with Gasteiger partial charge in [0.15, 0.2) is 10.3 Å². The smallest absolute Gasteiger partial charge is 0.189 e. The molecule has 0 bridgehead atoms. The minimum atomic E-state index is 0.126. The number of aromatic nitrogens is 2. The summed E-state index contributed by atoms with van der Waals surface area (Å²) in [5.41, 5.74) is 1.32. The Balaban J connectivity index is 2.71. The largest absolute Gasteiger partial charge is 0.497 e. The van der Waals surface area contributed by atoms with Gasteiger partial charge in [0.05, 0.1) is 12.8 Å². The van der Waals surface area contributed by atoms with Crippen LogP contribution in [0.5, 0.6) is 5.75 Å². The van der Waals surface area contributed by atoms with E-state index in [4.69, 9.17) is 27.9 Å². The van der Waals surface area contributed by atoms with Crippen LogP contribution in [0.1, 0.15) is 5.56 Å². The van der Waals surface area contributed by atoms with E-state index in [1.54, 1.807) is 25.3 Å². The molecule has 0 spiro atoms. The topological polar surface area (TPSA) is 58.8 Å². The summed E-state index contributed by atoms with van der Waals surface area (Å²) >= 11 is 13.4. The molecule has 0 atom stereocenters. The number of hydrogen-bond donors (Lipinski definition) is 0. The number of nitrogens with zero attached hydrogens (tertiary/aromatic N) is 3. The second-order valence-electron chi connectivity index (χ2n) is 3.72. The Morgan fingerprint density at radius 3 is 2.60 bits per heavy atom. The van der Waals surface area contributed by atoms with E-state index >= 15 is 0 Å². The van der Waals surface area contributed by atoms with Crippen LogP contribution >= 0.6 is 35.0 Å². The number of benzene rings is 1.